The third kappa shape index (κ3) is 3.28. The Hall–Kier alpha value is -3.18. The molecule has 146 valence electrons. The van der Waals surface area contributed by atoms with Crippen LogP contribution in [-0.4, -0.2) is 16.8 Å². The van der Waals surface area contributed by atoms with Crippen LogP contribution in [0.15, 0.2) is 65.6 Å². The first-order chi connectivity index (χ1) is 13.9. The Balaban J connectivity index is 1.94. The minimum absolute atomic E-state index is 0.127. The first-order valence-electron chi connectivity index (χ1n) is 9.37. The average Bonchev–Trinajstić information content (AvgIpc) is 3.31. The van der Waals surface area contributed by atoms with Gasteiger partial charge in [-0.1, -0.05) is 30.3 Å². The van der Waals surface area contributed by atoms with Crippen LogP contribution in [0.1, 0.15) is 33.2 Å². The number of Topliss-reactive ketones (excluding diaryl/α,β-unsaturated/α-hetero) is 1. The Morgan fingerprint density at radius 1 is 0.966 bits per heavy atom. The Morgan fingerprint density at radius 2 is 1.76 bits per heavy atom. The quantitative estimate of drug-likeness (QED) is 0.367. The van der Waals surface area contributed by atoms with Crippen LogP contribution in [0.3, 0.4) is 0 Å². The number of ketones is 1. The van der Waals surface area contributed by atoms with Gasteiger partial charge in [0.05, 0.1) is 5.57 Å². The van der Waals surface area contributed by atoms with Gasteiger partial charge in [0.1, 0.15) is 11.8 Å². The molecule has 0 saturated carbocycles. The molecule has 4 nitrogen and oxygen atoms in total. The molecule has 2 heterocycles. The number of nitrogens with zero attached hydrogens (tertiary/aromatic N) is 1. The monoisotopic (exact) mass is 403 g/mol. The van der Waals surface area contributed by atoms with Crippen LogP contribution >= 0.6 is 11.3 Å². The summed E-state index contributed by atoms with van der Waals surface area (Å²) in [6, 6.07) is 16.1. The summed E-state index contributed by atoms with van der Waals surface area (Å²) in [5, 5.41) is 13.0. The van der Waals surface area contributed by atoms with Crippen molar-refractivity contribution in [1.82, 2.24) is 0 Å². The fourth-order valence-electron chi connectivity index (χ4n) is 3.64. The van der Waals surface area contributed by atoms with E-state index in [2.05, 4.69) is 0 Å². The second-order valence-corrected chi connectivity index (χ2v) is 8.30. The molecule has 1 N–H and O–H groups in total. The molecule has 4 rings (SSSR count). The summed E-state index contributed by atoms with van der Waals surface area (Å²) >= 11 is 1.46. The lowest BCUT2D eigenvalue weighted by Gasteiger charge is -2.24. The number of rotatable bonds is 3. The van der Waals surface area contributed by atoms with Crippen molar-refractivity contribution >= 4 is 34.5 Å². The van der Waals surface area contributed by atoms with Crippen LogP contribution in [0.5, 0.6) is 0 Å². The Bertz CT molecular complexity index is 1140. The summed E-state index contributed by atoms with van der Waals surface area (Å²) in [6.45, 7) is 5.88. The summed E-state index contributed by atoms with van der Waals surface area (Å²) in [5.41, 5.74) is 4.40. The topological polar surface area (TPSA) is 57.6 Å². The lowest BCUT2D eigenvalue weighted by Crippen LogP contribution is -2.29. The van der Waals surface area contributed by atoms with Gasteiger partial charge in [0.15, 0.2) is 0 Å². The Morgan fingerprint density at radius 3 is 2.41 bits per heavy atom. The van der Waals surface area contributed by atoms with E-state index in [1.54, 1.807) is 6.07 Å². The van der Waals surface area contributed by atoms with E-state index < -0.39 is 17.7 Å². The van der Waals surface area contributed by atoms with Crippen LogP contribution in [0.25, 0.3) is 5.76 Å². The average molecular weight is 404 g/mol. The maximum absolute atomic E-state index is 13.0. The largest absolute Gasteiger partial charge is 0.507 e. The van der Waals surface area contributed by atoms with Crippen LogP contribution < -0.4 is 4.90 Å². The number of carbonyl (C=O) groups excluding carboxylic acids is 2. The summed E-state index contributed by atoms with van der Waals surface area (Å²) in [4.78, 5) is 28.4. The molecule has 1 aromatic heterocycles. The zero-order valence-electron chi connectivity index (χ0n) is 16.5. The van der Waals surface area contributed by atoms with Gasteiger partial charge in [-0.15, -0.1) is 11.3 Å². The van der Waals surface area contributed by atoms with Crippen molar-refractivity contribution in [3.63, 3.8) is 0 Å². The number of aliphatic hydroxyl groups excluding tert-OH is 1. The van der Waals surface area contributed by atoms with Crippen molar-refractivity contribution < 1.29 is 14.7 Å². The lowest BCUT2D eigenvalue weighted by atomic mass is 9.97. The normalized spacial score (nSPS) is 18.4. The number of aliphatic hydroxyl groups is 1. The standard InChI is InChI=1S/C24H21NO3S/c1-14-6-4-7-18(12-14)25-21(19-8-5-11-29-19)20(23(27)24(25)28)22(26)17-10-9-15(2)16(3)13-17/h4-13,21,26H,1-3H3/b22-20-. The number of benzene rings is 2. The van der Waals surface area contributed by atoms with Gasteiger partial charge in [-0.3, -0.25) is 14.5 Å². The molecule has 2 aromatic carbocycles. The highest BCUT2D eigenvalue weighted by Gasteiger charge is 2.47. The van der Waals surface area contributed by atoms with E-state index >= 15 is 0 Å². The fraction of sp³-hybridized carbons (Fsp3) is 0.167. The van der Waals surface area contributed by atoms with Gasteiger partial charge in [0.25, 0.3) is 11.7 Å². The van der Waals surface area contributed by atoms with Crippen molar-refractivity contribution in [3.05, 3.63) is 92.7 Å². The van der Waals surface area contributed by atoms with Crippen LogP contribution in [0.4, 0.5) is 5.69 Å². The smallest absolute Gasteiger partial charge is 0.300 e. The van der Waals surface area contributed by atoms with E-state index in [1.165, 1.54) is 16.2 Å². The highest BCUT2D eigenvalue weighted by atomic mass is 32.1. The van der Waals surface area contributed by atoms with E-state index in [1.807, 2.05) is 74.7 Å². The van der Waals surface area contributed by atoms with Crippen molar-refractivity contribution in [1.29, 1.82) is 0 Å². The number of thiophene rings is 1. The SMILES string of the molecule is Cc1cccc(N2C(=O)C(=O)/C(=C(\O)c3ccc(C)c(C)c3)C2c2cccs2)c1. The molecule has 5 heteroatoms. The number of hydrogen-bond donors (Lipinski definition) is 1. The molecule has 0 bridgehead atoms. The lowest BCUT2D eigenvalue weighted by molar-refractivity contribution is -0.132. The van der Waals surface area contributed by atoms with Crippen molar-refractivity contribution in [3.8, 4) is 0 Å². The predicted molar refractivity (Wildman–Crippen MR) is 116 cm³/mol. The third-order valence-electron chi connectivity index (χ3n) is 5.32. The summed E-state index contributed by atoms with van der Waals surface area (Å²) in [5.74, 6) is -1.43. The van der Waals surface area contributed by atoms with E-state index in [-0.39, 0.29) is 11.3 Å². The number of aryl methyl sites for hydroxylation is 3. The predicted octanol–water partition coefficient (Wildman–Crippen LogP) is 5.30. The third-order valence-corrected chi connectivity index (χ3v) is 6.24. The number of amides is 1. The van der Waals surface area contributed by atoms with E-state index in [0.29, 0.717) is 11.3 Å². The highest BCUT2D eigenvalue weighted by Crippen LogP contribution is 2.43. The second-order valence-electron chi connectivity index (χ2n) is 7.32. The molecule has 0 aliphatic carbocycles. The molecule has 0 radical (unpaired) electrons. The molecule has 1 unspecified atom stereocenters. The second kappa shape index (κ2) is 7.33. The van der Waals surface area contributed by atoms with Gasteiger partial charge in [0.2, 0.25) is 0 Å². The van der Waals surface area contributed by atoms with Crippen LogP contribution in [0, 0.1) is 20.8 Å². The highest BCUT2D eigenvalue weighted by molar-refractivity contribution is 7.10. The number of carbonyl (C=O) groups is 2. The first-order valence-corrected chi connectivity index (χ1v) is 10.2. The Kier molecular flexibility index (Phi) is 4.84. The molecule has 1 fully saturated rings. The summed E-state index contributed by atoms with van der Waals surface area (Å²) < 4.78 is 0. The summed E-state index contributed by atoms with van der Waals surface area (Å²) in [6.07, 6.45) is 0. The van der Waals surface area contributed by atoms with Crippen molar-refractivity contribution in [2.45, 2.75) is 26.8 Å². The maximum Gasteiger partial charge on any atom is 0.300 e. The summed E-state index contributed by atoms with van der Waals surface area (Å²) in [7, 11) is 0. The van der Waals surface area contributed by atoms with Gasteiger partial charge in [0, 0.05) is 16.1 Å². The van der Waals surface area contributed by atoms with E-state index in [0.717, 1.165) is 21.6 Å². The maximum atomic E-state index is 13.0. The molecule has 1 atom stereocenters. The van der Waals surface area contributed by atoms with Gasteiger partial charge in [-0.2, -0.15) is 0 Å². The Labute approximate surface area is 173 Å². The van der Waals surface area contributed by atoms with Gasteiger partial charge in [-0.25, -0.2) is 0 Å². The molecule has 29 heavy (non-hydrogen) atoms. The first kappa shape index (κ1) is 19.2. The minimum atomic E-state index is -0.666. The van der Waals surface area contributed by atoms with E-state index in [9.17, 15) is 14.7 Å². The number of hydrogen-bond acceptors (Lipinski definition) is 4. The zero-order valence-corrected chi connectivity index (χ0v) is 17.3. The molecule has 3 aromatic rings. The van der Waals surface area contributed by atoms with Crippen LogP contribution in [0.2, 0.25) is 0 Å². The van der Waals surface area contributed by atoms with Gasteiger partial charge in [-0.05, 0) is 67.1 Å². The van der Waals surface area contributed by atoms with Crippen molar-refractivity contribution in [2.24, 2.45) is 0 Å². The molecule has 0 spiro atoms. The molecule has 1 aliphatic rings. The van der Waals surface area contributed by atoms with Crippen LogP contribution in [-0.2, 0) is 9.59 Å². The molecular weight excluding hydrogens is 382 g/mol. The molecule has 1 aliphatic heterocycles. The number of anilines is 1. The molecule has 1 amide bonds. The molecular formula is C24H21NO3S. The fourth-order valence-corrected chi connectivity index (χ4v) is 4.46. The molecule has 1 saturated heterocycles. The zero-order chi connectivity index (χ0) is 20.7. The van der Waals surface area contributed by atoms with E-state index in [4.69, 9.17) is 0 Å². The van der Waals surface area contributed by atoms with Gasteiger partial charge < -0.3 is 5.11 Å². The minimum Gasteiger partial charge on any atom is -0.507 e. The van der Waals surface area contributed by atoms with Gasteiger partial charge >= 0.3 is 0 Å². The van der Waals surface area contributed by atoms with Crippen molar-refractivity contribution in [2.75, 3.05) is 4.90 Å².